The highest BCUT2D eigenvalue weighted by Gasteiger charge is 2.30. The molecule has 3 aromatic heterocycles. The van der Waals surface area contributed by atoms with Gasteiger partial charge in [0.25, 0.3) is 5.91 Å². The fraction of sp³-hybridized carbons (Fsp3) is 0.500. The number of aromatic nitrogens is 4. The van der Waals surface area contributed by atoms with Crippen LogP contribution >= 0.6 is 11.3 Å². The van der Waals surface area contributed by atoms with E-state index in [0.717, 1.165) is 24.2 Å². The Balaban J connectivity index is 1.31. The third-order valence-corrected chi connectivity index (χ3v) is 7.20. The third kappa shape index (κ3) is 3.05. The van der Waals surface area contributed by atoms with E-state index in [1.54, 1.807) is 17.7 Å². The summed E-state index contributed by atoms with van der Waals surface area (Å²) in [6.45, 7) is 1.42. The molecule has 2 fully saturated rings. The fourth-order valence-corrected chi connectivity index (χ4v) is 5.59. The molecule has 1 amide bonds. The minimum Gasteiger partial charge on any atom is -0.382 e. The Morgan fingerprint density at radius 1 is 1.14 bits per heavy atom. The van der Waals surface area contributed by atoms with Crippen LogP contribution in [0, 0.1) is 0 Å². The molecule has 2 aliphatic rings. The van der Waals surface area contributed by atoms with Gasteiger partial charge in [0.2, 0.25) is 0 Å². The largest absolute Gasteiger partial charge is 0.382 e. The summed E-state index contributed by atoms with van der Waals surface area (Å²) < 4.78 is 2.03. The number of nitrogens with two attached hydrogens (primary N) is 1. The van der Waals surface area contributed by atoms with Crippen molar-refractivity contribution in [1.29, 1.82) is 0 Å². The number of hydrogen-bond acceptors (Lipinski definition) is 6. The number of carbonyl (C=O) groups is 1. The van der Waals surface area contributed by atoms with Gasteiger partial charge in [0, 0.05) is 23.3 Å². The number of nitrogen functional groups attached to an aromatic ring is 1. The molecule has 0 spiro atoms. The second kappa shape index (κ2) is 7.16. The first-order valence-corrected chi connectivity index (χ1v) is 10.9. The van der Waals surface area contributed by atoms with Gasteiger partial charge in [-0.2, -0.15) is 0 Å². The van der Waals surface area contributed by atoms with Crippen LogP contribution in [0.25, 0.3) is 11.2 Å². The van der Waals surface area contributed by atoms with Crippen molar-refractivity contribution in [3.63, 3.8) is 0 Å². The van der Waals surface area contributed by atoms with Crippen molar-refractivity contribution in [2.24, 2.45) is 0 Å². The molecule has 0 radical (unpaired) electrons. The Kier molecular flexibility index (Phi) is 4.50. The lowest BCUT2D eigenvalue weighted by Crippen LogP contribution is -2.28. The molecule has 1 aliphatic heterocycles. The van der Waals surface area contributed by atoms with Crippen LogP contribution in [-0.4, -0.2) is 43.4 Å². The summed E-state index contributed by atoms with van der Waals surface area (Å²) in [5.74, 6) is 1.18. The maximum Gasteiger partial charge on any atom is 0.254 e. The number of imidazole rings is 1. The molecule has 5 rings (SSSR count). The molecule has 3 aromatic rings. The maximum atomic E-state index is 13.0. The van der Waals surface area contributed by atoms with Crippen LogP contribution in [-0.2, 0) is 0 Å². The molecule has 28 heavy (non-hydrogen) atoms. The number of nitrogens with zero attached hydrogens (tertiary/aromatic N) is 5. The Morgan fingerprint density at radius 2 is 2.00 bits per heavy atom. The van der Waals surface area contributed by atoms with Crippen molar-refractivity contribution < 1.29 is 4.79 Å². The van der Waals surface area contributed by atoms with Gasteiger partial charge in [-0.3, -0.25) is 4.79 Å². The van der Waals surface area contributed by atoms with Crippen molar-refractivity contribution in [1.82, 2.24) is 24.4 Å². The summed E-state index contributed by atoms with van der Waals surface area (Å²) in [5.41, 5.74) is 8.10. The summed E-state index contributed by atoms with van der Waals surface area (Å²) in [6.07, 6.45) is 10.6. The molecule has 8 heteroatoms. The van der Waals surface area contributed by atoms with Gasteiger partial charge in [0.05, 0.1) is 17.9 Å². The number of amides is 1. The molecule has 1 unspecified atom stereocenters. The van der Waals surface area contributed by atoms with Gasteiger partial charge in [-0.15, -0.1) is 11.3 Å². The van der Waals surface area contributed by atoms with E-state index in [1.807, 2.05) is 14.8 Å². The molecule has 7 nitrogen and oxygen atoms in total. The monoisotopic (exact) mass is 396 g/mol. The van der Waals surface area contributed by atoms with Gasteiger partial charge in [-0.1, -0.05) is 19.3 Å². The summed E-state index contributed by atoms with van der Waals surface area (Å²) in [5, 5.41) is 2.04. The van der Waals surface area contributed by atoms with Crippen LogP contribution < -0.4 is 5.73 Å². The average Bonchev–Trinajstić information content (AvgIpc) is 3.47. The lowest BCUT2D eigenvalue weighted by atomic mass is 9.88. The summed E-state index contributed by atoms with van der Waals surface area (Å²) in [6, 6.07) is 2.30. The number of likely N-dealkylation sites (tertiary alicyclic amines) is 1. The number of fused-ring (bicyclic) bond motifs is 1. The van der Waals surface area contributed by atoms with Gasteiger partial charge in [0.15, 0.2) is 11.5 Å². The fourth-order valence-electron chi connectivity index (χ4n) is 4.54. The molecule has 0 aromatic carbocycles. The van der Waals surface area contributed by atoms with Crippen LogP contribution in [0.4, 0.5) is 5.82 Å². The molecule has 0 bridgehead atoms. The van der Waals surface area contributed by atoms with E-state index in [-0.39, 0.29) is 11.9 Å². The van der Waals surface area contributed by atoms with E-state index in [9.17, 15) is 4.79 Å². The van der Waals surface area contributed by atoms with Crippen LogP contribution in [0.5, 0.6) is 0 Å². The van der Waals surface area contributed by atoms with Crippen LogP contribution in [0.15, 0.2) is 24.1 Å². The highest BCUT2D eigenvalue weighted by molar-refractivity contribution is 7.10. The van der Waals surface area contributed by atoms with E-state index >= 15 is 0 Å². The second-order valence-corrected chi connectivity index (χ2v) is 8.79. The topological polar surface area (TPSA) is 89.9 Å². The highest BCUT2D eigenvalue weighted by Crippen LogP contribution is 2.36. The van der Waals surface area contributed by atoms with Crippen molar-refractivity contribution >= 4 is 34.2 Å². The van der Waals surface area contributed by atoms with E-state index in [1.165, 1.54) is 43.3 Å². The Hall–Kier alpha value is -2.48. The van der Waals surface area contributed by atoms with Gasteiger partial charge in [-0.05, 0) is 31.2 Å². The van der Waals surface area contributed by atoms with Crippen molar-refractivity contribution in [3.8, 4) is 0 Å². The summed E-state index contributed by atoms with van der Waals surface area (Å²) in [7, 11) is 0. The molecule has 4 heterocycles. The number of anilines is 1. The smallest absolute Gasteiger partial charge is 0.254 e. The SMILES string of the molecule is Nc1ncnc2c1ncn2C1CCN(C(=O)c2csc(C3CCCCC3)c2)C1. The number of carbonyl (C=O) groups excluding carboxylic acids is 1. The summed E-state index contributed by atoms with van der Waals surface area (Å²) in [4.78, 5) is 29.1. The van der Waals surface area contributed by atoms with Crippen molar-refractivity contribution in [2.75, 3.05) is 18.8 Å². The molecule has 1 saturated carbocycles. The normalized spacial score (nSPS) is 20.9. The number of rotatable bonds is 3. The quantitative estimate of drug-likeness (QED) is 0.730. The number of hydrogen-bond donors (Lipinski definition) is 1. The maximum absolute atomic E-state index is 13.0. The van der Waals surface area contributed by atoms with E-state index in [4.69, 9.17) is 5.73 Å². The standard InChI is InChI=1S/C20H24N6OS/c21-18-17-19(23-11-22-18)26(12-24-17)15-6-7-25(9-15)20(27)14-8-16(28-10-14)13-4-2-1-3-5-13/h8,10-13,15H,1-7,9H2,(H2,21,22,23). The zero-order valence-electron chi connectivity index (χ0n) is 15.8. The van der Waals surface area contributed by atoms with E-state index in [2.05, 4.69) is 21.0 Å². The molecule has 1 saturated heterocycles. The summed E-state index contributed by atoms with van der Waals surface area (Å²) >= 11 is 1.75. The van der Waals surface area contributed by atoms with Crippen LogP contribution in [0.1, 0.15) is 65.7 Å². The highest BCUT2D eigenvalue weighted by atomic mass is 32.1. The zero-order chi connectivity index (χ0) is 19.1. The average molecular weight is 397 g/mol. The molecule has 2 N–H and O–H groups in total. The van der Waals surface area contributed by atoms with Gasteiger partial charge in [-0.25, -0.2) is 15.0 Å². The molecule has 1 aliphatic carbocycles. The first-order chi connectivity index (χ1) is 13.7. The lowest BCUT2D eigenvalue weighted by Gasteiger charge is -2.20. The molecule has 146 valence electrons. The van der Waals surface area contributed by atoms with Gasteiger partial charge >= 0.3 is 0 Å². The van der Waals surface area contributed by atoms with Crippen molar-refractivity contribution in [3.05, 3.63) is 34.5 Å². The Morgan fingerprint density at radius 3 is 2.86 bits per heavy atom. The predicted octanol–water partition coefficient (Wildman–Crippen LogP) is 3.60. The molecular weight excluding hydrogens is 372 g/mol. The van der Waals surface area contributed by atoms with Crippen LogP contribution in [0.3, 0.4) is 0 Å². The van der Waals surface area contributed by atoms with Gasteiger partial charge in [0.1, 0.15) is 11.8 Å². The minimum atomic E-state index is 0.138. The number of thiophene rings is 1. The van der Waals surface area contributed by atoms with Crippen LogP contribution in [0.2, 0.25) is 0 Å². The van der Waals surface area contributed by atoms with Gasteiger partial charge < -0.3 is 15.2 Å². The molecule has 1 atom stereocenters. The molecular formula is C20H24N6OS. The third-order valence-electron chi connectivity index (χ3n) is 6.11. The first-order valence-electron chi connectivity index (χ1n) is 10.0. The predicted molar refractivity (Wildman–Crippen MR) is 109 cm³/mol. The Bertz CT molecular complexity index is 1010. The second-order valence-electron chi connectivity index (χ2n) is 7.85. The minimum absolute atomic E-state index is 0.138. The van der Waals surface area contributed by atoms with Crippen molar-refractivity contribution in [2.45, 2.75) is 50.5 Å². The lowest BCUT2D eigenvalue weighted by molar-refractivity contribution is 0.0788. The first kappa shape index (κ1) is 17.6. The zero-order valence-corrected chi connectivity index (χ0v) is 16.6. The van der Waals surface area contributed by atoms with E-state index in [0.29, 0.717) is 23.8 Å². The van der Waals surface area contributed by atoms with E-state index < -0.39 is 0 Å². The Labute approximate surface area is 167 Å².